The largest absolute Gasteiger partial charge is 0.481 e. The van der Waals surface area contributed by atoms with Gasteiger partial charge in [-0.3, -0.25) is 9.59 Å². The second kappa shape index (κ2) is 7.75. The normalized spacial score (nSPS) is 30.7. The summed E-state index contributed by atoms with van der Waals surface area (Å²) in [6.07, 6.45) is 2.29. The highest BCUT2D eigenvalue weighted by atomic mass is 17.2. The number of rotatable bonds is 7. The SMILES string of the molecule is CC[C@H](C[C@@]1(C)C[C@@H](CC)[C@@H](CC(=O)OC)OO1)C(=O)O. The first-order valence-corrected chi connectivity index (χ1v) is 7.49. The molecule has 0 saturated carbocycles. The van der Waals surface area contributed by atoms with Gasteiger partial charge in [-0.05, 0) is 32.1 Å². The first-order valence-electron chi connectivity index (χ1n) is 7.49. The highest BCUT2D eigenvalue weighted by Gasteiger charge is 2.42. The van der Waals surface area contributed by atoms with Gasteiger partial charge in [0.25, 0.3) is 0 Å². The third-order valence-corrected chi connectivity index (χ3v) is 4.23. The third kappa shape index (κ3) is 4.97. The Morgan fingerprint density at radius 3 is 2.57 bits per heavy atom. The topological polar surface area (TPSA) is 82.1 Å². The van der Waals surface area contributed by atoms with E-state index in [2.05, 4.69) is 4.74 Å². The van der Waals surface area contributed by atoms with Crippen LogP contribution in [0, 0.1) is 11.8 Å². The van der Waals surface area contributed by atoms with Gasteiger partial charge in [0.2, 0.25) is 0 Å². The number of hydrogen-bond donors (Lipinski definition) is 1. The fourth-order valence-corrected chi connectivity index (χ4v) is 2.88. The van der Waals surface area contributed by atoms with Gasteiger partial charge in [0.1, 0.15) is 11.7 Å². The molecule has 6 nitrogen and oxygen atoms in total. The van der Waals surface area contributed by atoms with Crippen molar-refractivity contribution in [3.63, 3.8) is 0 Å². The van der Waals surface area contributed by atoms with Gasteiger partial charge >= 0.3 is 11.9 Å². The number of carbonyl (C=O) groups excluding carboxylic acids is 1. The average Bonchev–Trinajstić information content (AvgIpc) is 2.46. The van der Waals surface area contributed by atoms with Crippen LogP contribution in [0.4, 0.5) is 0 Å². The van der Waals surface area contributed by atoms with E-state index in [1.54, 1.807) is 0 Å². The van der Waals surface area contributed by atoms with Crippen LogP contribution in [-0.4, -0.2) is 35.9 Å². The van der Waals surface area contributed by atoms with E-state index in [1.807, 2.05) is 20.8 Å². The number of esters is 1. The van der Waals surface area contributed by atoms with Crippen LogP contribution in [0.15, 0.2) is 0 Å². The minimum atomic E-state index is -0.813. The van der Waals surface area contributed by atoms with Crippen LogP contribution < -0.4 is 0 Å². The zero-order valence-electron chi connectivity index (χ0n) is 13.3. The number of hydrogen-bond acceptors (Lipinski definition) is 5. The van der Waals surface area contributed by atoms with E-state index >= 15 is 0 Å². The Labute approximate surface area is 125 Å². The lowest BCUT2D eigenvalue weighted by Crippen LogP contribution is -2.45. The molecule has 0 spiro atoms. The van der Waals surface area contributed by atoms with Crippen molar-refractivity contribution in [2.24, 2.45) is 11.8 Å². The highest BCUT2D eigenvalue weighted by molar-refractivity contribution is 5.70. The summed E-state index contributed by atoms with van der Waals surface area (Å²) in [7, 11) is 1.34. The van der Waals surface area contributed by atoms with E-state index in [0.29, 0.717) is 19.3 Å². The van der Waals surface area contributed by atoms with E-state index < -0.39 is 17.5 Å². The van der Waals surface area contributed by atoms with Gasteiger partial charge in [0.15, 0.2) is 0 Å². The van der Waals surface area contributed by atoms with Crippen LogP contribution in [0.3, 0.4) is 0 Å². The summed E-state index contributed by atoms with van der Waals surface area (Å²) in [5.74, 6) is -1.45. The molecular weight excluding hydrogens is 276 g/mol. The van der Waals surface area contributed by atoms with Crippen molar-refractivity contribution in [3.8, 4) is 0 Å². The van der Waals surface area contributed by atoms with E-state index in [-0.39, 0.29) is 24.4 Å². The summed E-state index contributed by atoms with van der Waals surface area (Å²) in [5, 5.41) is 9.19. The van der Waals surface area contributed by atoms with Crippen molar-refractivity contribution in [2.75, 3.05) is 7.11 Å². The molecule has 1 aliphatic rings. The Kier molecular flexibility index (Phi) is 6.61. The molecule has 0 aromatic carbocycles. The Morgan fingerprint density at radius 2 is 2.10 bits per heavy atom. The van der Waals surface area contributed by atoms with Gasteiger partial charge in [0.05, 0.1) is 19.4 Å². The Bertz CT molecular complexity index is 369. The molecule has 0 radical (unpaired) electrons. The average molecular weight is 302 g/mol. The standard InChI is InChI=1S/C15H26O6/c1-5-10-8-15(3,9-11(6-2)14(17)18)21-20-12(10)7-13(16)19-4/h10-12H,5-9H2,1-4H3,(H,17,18)/t10-,11-,12-,15-/m1/s1. The lowest BCUT2D eigenvalue weighted by atomic mass is 9.79. The van der Waals surface area contributed by atoms with Gasteiger partial charge in [0, 0.05) is 0 Å². The van der Waals surface area contributed by atoms with Crippen molar-refractivity contribution in [3.05, 3.63) is 0 Å². The van der Waals surface area contributed by atoms with Crippen molar-refractivity contribution < 1.29 is 29.2 Å². The Balaban J connectivity index is 2.69. The fourth-order valence-electron chi connectivity index (χ4n) is 2.88. The first-order chi connectivity index (χ1) is 9.85. The molecule has 0 bridgehead atoms. The molecule has 1 saturated heterocycles. The molecule has 1 rings (SSSR count). The molecular formula is C15H26O6. The Hall–Kier alpha value is -1.14. The van der Waals surface area contributed by atoms with Crippen LogP contribution >= 0.6 is 0 Å². The number of carbonyl (C=O) groups is 2. The van der Waals surface area contributed by atoms with E-state index in [4.69, 9.17) is 9.78 Å². The van der Waals surface area contributed by atoms with Gasteiger partial charge in [-0.2, -0.15) is 0 Å². The predicted octanol–water partition coefficient (Wildman–Crippen LogP) is 2.56. The minimum Gasteiger partial charge on any atom is -0.481 e. The van der Waals surface area contributed by atoms with Crippen molar-refractivity contribution in [2.45, 2.75) is 64.6 Å². The van der Waals surface area contributed by atoms with Crippen molar-refractivity contribution >= 4 is 11.9 Å². The molecule has 0 amide bonds. The summed E-state index contributed by atoms with van der Waals surface area (Å²) in [5.41, 5.74) is -0.633. The second-order valence-corrected chi connectivity index (χ2v) is 5.97. The highest BCUT2D eigenvalue weighted by Crippen LogP contribution is 2.38. The monoisotopic (exact) mass is 302 g/mol. The summed E-state index contributed by atoms with van der Waals surface area (Å²) < 4.78 is 4.66. The number of carboxylic acids is 1. The minimum absolute atomic E-state index is 0.147. The summed E-state index contributed by atoms with van der Waals surface area (Å²) in [6.45, 7) is 5.75. The van der Waals surface area contributed by atoms with Crippen LogP contribution in [-0.2, 0) is 24.1 Å². The predicted molar refractivity (Wildman–Crippen MR) is 75.4 cm³/mol. The Morgan fingerprint density at radius 1 is 1.43 bits per heavy atom. The first kappa shape index (κ1) is 17.9. The zero-order chi connectivity index (χ0) is 16.0. The van der Waals surface area contributed by atoms with Gasteiger partial charge < -0.3 is 9.84 Å². The van der Waals surface area contributed by atoms with Crippen LogP contribution in [0.25, 0.3) is 0 Å². The van der Waals surface area contributed by atoms with E-state index in [0.717, 1.165) is 6.42 Å². The molecule has 4 atom stereocenters. The maximum absolute atomic E-state index is 11.4. The molecule has 0 aromatic heterocycles. The number of methoxy groups -OCH3 is 1. The molecule has 1 fully saturated rings. The summed E-state index contributed by atoms with van der Waals surface area (Å²) in [4.78, 5) is 33.4. The van der Waals surface area contributed by atoms with Crippen LogP contribution in [0.5, 0.6) is 0 Å². The van der Waals surface area contributed by atoms with Crippen molar-refractivity contribution in [1.82, 2.24) is 0 Å². The number of aliphatic carboxylic acids is 1. The zero-order valence-corrected chi connectivity index (χ0v) is 13.3. The molecule has 0 unspecified atom stereocenters. The van der Waals surface area contributed by atoms with Crippen LogP contribution in [0.1, 0.15) is 52.9 Å². The lowest BCUT2D eigenvalue weighted by molar-refractivity contribution is -0.419. The van der Waals surface area contributed by atoms with Crippen LogP contribution in [0.2, 0.25) is 0 Å². The van der Waals surface area contributed by atoms with Gasteiger partial charge in [-0.15, -0.1) is 0 Å². The molecule has 1 heterocycles. The maximum Gasteiger partial charge on any atom is 0.308 e. The fraction of sp³-hybridized carbons (Fsp3) is 0.867. The number of carboxylic acid groups (broad SMARTS) is 1. The van der Waals surface area contributed by atoms with E-state index in [1.165, 1.54) is 7.11 Å². The molecule has 0 aliphatic carbocycles. The maximum atomic E-state index is 11.4. The van der Waals surface area contributed by atoms with Gasteiger partial charge in [-0.25, -0.2) is 9.78 Å². The summed E-state index contributed by atoms with van der Waals surface area (Å²) >= 11 is 0. The molecule has 6 heteroatoms. The molecule has 1 N–H and O–H groups in total. The van der Waals surface area contributed by atoms with Crippen molar-refractivity contribution in [1.29, 1.82) is 0 Å². The number of ether oxygens (including phenoxy) is 1. The second-order valence-electron chi connectivity index (χ2n) is 5.97. The molecule has 1 aliphatic heterocycles. The third-order valence-electron chi connectivity index (χ3n) is 4.23. The lowest BCUT2D eigenvalue weighted by Gasteiger charge is -2.41. The molecule has 122 valence electrons. The summed E-state index contributed by atoms with van der Waals surface area (Å²) in [6, 6.07) is 0. The quantitative estimate of drug-likeness (QED) is 0.575. The molecule has 21 heavy (non-hydrogen) atoms. The smallest absolute Gasteiger partial charge is 0.308 e. The molecule has 0 aromatic rings. The van der Waals surface area contributed by atoms with Gasteiger partial charge in [-0.1, -0.05) is 20.3 Å². The van der Waals surface area contributed by atoms with E-state index in [9.17, 15) is 14.7 Å².